The number of phenolic OH excluding ortho intramolecular Hbond substituents is 2. The maximum Gasteiger partial charge on any atom is 0.306 e. The van der Waals surface area contributed by atoms with Gasteiger partial charge in [0.1, 0.15) is 11.5 Å². The number of aromatic hydroxyl groups is 2. The Kier molecular flexibility index (Phi) is 4.18. The molecule has 2 rings (SSSR count). The van der Waals surface area contributed by atoms with Crippen molar-refractivity contribution in [2.24, 2.45) is 5.92 Å². The van der Waals surface area contributed by atoms with Crippen molar-refractivity contribution in [3.8, 4) is 11.5 Å². The number of nitrogens with zero attached hydrogens (tertiary/aromatic N) is 1. The van der Waals surface area contributed by atoms with Crippen LogP contribution in [0.3, 0.4) is 0 Å². The lowest BCUT2D eigenvalue weighted by Crippen LogP contribution is -2.43. The number of piperidine rings is 1. The Morgan fingerprint density at radius 2 is 1.90 bits per heavy atom. The number of aliphatic carboxylic acids is 1. The fourth-order valence-corrected chi connectivity index (χ4v) is 3.04. The minimum atomic E-state index is -0.723. The van der Waals surface area contributed by atoms with Gasteiger partial charge in [0.15, 0.2) is 0 Å². The van der Waals surface area contributed by atoms with E-state index in [9.17, 15) is 15.0 Å². The van der Waals surface area contributed by atoms with Gasteiger partial charge in [-0.15, -0.1) is 0 Å². The molecular formula is C15H21NO4. The van der Waals surface area contributed by atoms with E-state index in [1.54, 1.807) is 12.1 Å². The lowest BCUT2D eigenvalue weighted by Gasteiger charge is -2.40. The van der Waals surface area contributed by atoms with Crippen molar-refractivity contribution in [2.75, 3.05) is 6.54 Å². The summed E-state index contributed by atoms with van der Waals surface area (Å²) in [6, 6.07) is 4.76. The summed E-state index contributed by atoms with van der Waals surface area (Å²) >= 11 is 0. The number of carbonyl (C=O) groups is 1. The van der Waals surface area contributed by atoms with Crippen molar-refractivity contribution in [3.63, 3.8) is 0 Å². The van der Waals surface area contributed by atoms with E-state index in [0.717, 1.165) is 5.56 Å². The number of phenols is 2. The van der Waals surface area contributed by atoms with Crippen molar-refractivity contribution in [1.29, 1.82) is 0 Å². The van der Waals surface area contributed by atoms with Crippen LogP contribution >= 0.6 is 0 Å². The number of carboxylic acids is 1. The summed E-state index contributed by atoms with van der Waals surface area (Å²) in [4.78, 5) is 13.3. The van der Waals surface area contributed by atoms with Crippen LogP contribution < -0.4 is 0 Å². The molecule has 5 nitrogen and oxygen atoms in total. The quantitative estimate of drug-likeness (QED) is 0.791. The highest BCUT2D eigenvalue weighted by Crippen LogP contribution is 2.33. The SMILES string of the molecule is CC1CC(C(=O)O)CCN1C(C)c1cc(O)cc(O)c1. The van der Waals surface area contributed by atoms with Crippen molar-refractivity contribution >= 4 is 5.97 Å². The van der Waals surface area contributed by atoms with Crippen molar-refractivity contribution in [1.82, 2.24) is 4.90 Å². The Bertz CT molecular complexity index is 482. The van der Waals surface area contributed by atoms with Crippen LogP contribution in [0.1, 0.15) is 38.3 Å². The first-order valence-corrected chi connectivity index (χ1v) is 6.90. The van der Waals surface area contributed by atoms with Gasteiger partial charge in [0, 0.05) is 18.2 Å². The molecule has 0 aromatic heterocycles. The largest absolute Gasteiger partial charge is 0.508 e. The molecule has 1 aliphatic rings. The molecule has 110 valence electrons. The van der Waals surface area contributed by atoms with Gasteiger partial charge in [-0.3, -0.25) is 9.69 Å². The monoisotopic (exact) mass is 279 g/mol. The zero-order chi connectivity index (χ0) is 14.9. The average Bonchev–Trinajstić information content (AvgIpc) is 2.36. The Labute approximate surface area is 118 Å². The molecule has 1 aromatic rings. The Morgan fingerprint density at radius 3 is 2.40 bits per heavy atom. The summed E-state index contributed by atoms with van der Waals surface area (Å²) in [7, 11) is 0. The molecule has 3 unspecified atom stereocenters. The first-order chi connectivity index (χ1) is 9.38. The van der Waals surface area contributed by atoms with E-state index in [1.165, 1.54) is 6.07 Å². The minimum absolute atomic E-state index is 0.0257. The third-order valence-electron chi connectivity index (χ3n) is 4.18. The number of carboxylic acid groups (broad SMARTS) is 1. The molecule has 1 aliphatic heterocycles. The molecule has 0 spiro atoms. The number of hydrogen-bond donors (Lipinski definition) is 3. The van der Waals surface area contributed by atoms with Crippen molar-refractivity contribution in [2.45, 2.75) is 38.8 Å². The molecule has 0 radical (unpaired) electrons. The molecule has 1 fully saturated rings. The third-order valence-corrected chi connectivity index (χ3v) is 4.18. The molecule has 5 heteroatoms. The van der Waals surface area contributed by atoms with Gasteiger partial charge < -0.3 is 15.3 Å². The molecule has 1 heterocycles. The fraction of sp³-hybridized carbons (Fsp3) is 0.533. The van der Waals surface area contributed by atoms with Crippen LogP contribution in [0.25, 0.3) is 0 Å². The van der Waals surface area contributed by atoms with Gasteiger partial charge in [0.2, 0.25) is 0 Å². The highest BCUT2D eigenvalue weighted by molar-refractivity contribution is 5.70. The van der Waals surface area contributed by atoms with Crippen LogP contribution in [0.15, 0.2) is 18.2 Å². The summed E-state index contributed by atoms with van der Waals surface area (Å²) in [5.41, 5.74) is 0.836. The van der Waals surface area contributed by atoms with Crippen LogP contribution in [0.2, 0.25) is 0 Å². The zero-order valence-electron chi connectivity index (χ0n) is 11.8. The number of hydrogen-bond acceptors (Lipinski definition) is 4. The molecule has 0 aliphatic carbocycles. The standard InChI is InChI=1S/C15H21NO4/c1-9-5-11(15(19)20)3-4-16(9)10(2)12-6-13(17)8-14(18)7-12/h6-11,17-18H,3-5H2,1-2H3,(H,19,20). The summed E-state index contributed by atoms with van der Waals surface area (Å²) in [6.45, 7) is 4.73. The summed E-state index contributed by atoms with van der Waals surface area (Å²) in [5, 5.41) is 28.2. The van der Waals surface area contributed by atoms with Crippen LogP contribution in [0, 0.1) is 5.92 Å². The van der Waals surface area contributed by atoms with Crippen LogP contribution in [-0.4, -0.2) is 38.8 Å². The predicted molar refractivity (Wildman–Crippen MR) is 74.7 cm³/mol. The van der Waals surface area contributed by atoms with Gasteiger partial charge in [0.05, 0.1) is 5.92 Å². The fourth-order valence-electron chi connectivity index (χ4n) is 3.04. The van der Waals surface area contributed by atoms with Crippen LogP contribution in [0.4, 0.5) is 0 Å². The molecular weight excluding hydrogens is 258 g/mol. The van der Waals surface area contributed by atoms with E-state index in [1.807, 2.05) is 13.8 Å². The molecule has 0 saturated carbocycles. The maximum absolute atomic E-state index is 11.1. The van der Waals surface area contributed by atoms with E-state index in [0.29, 0.717) is 19.4 Å². The summed E-state index contributed by atoms with van der Waals surface area (Å²) < 4.78 is 0. The highest BCUT2D eigenvalue weighted by Gasteiger charge is 2.32. The van der Waals surface area contributed by atoms with Gasteiger partial charge in [-0.1, -0.05) is 0 Å². The zero-order valence-corrected chi connectivity index (χ0v) is 11.8. The second kappa shape index (κ2) is 5.71. The molecule has 1 aromatic carbocycles. The molecule has 0 bridgehead atoms. The highest BCUT2D eigenvalue weighted by atomic mass is 16.4. The number of benzene rings is 1. The lowest BCUT2D eigenvalue weighted by atomic mass is 9.89. The smallest absolute Gasteiger partial charge is 0.306 e. The van der Waals surface area contributed by atoms with Gasteiger partial charge >= 0.3 is 5.97 Å². The van der Waals surface area contributed by atoms with Crippen LogP contribution in [-0.2, 0) is 4.79 Å². The van der Waals surface area contributed by atoms with Gasteiger partial charge in [-0.05, 0) is 50.9 Å². The minimum Gasteiger partial charge on any atom is -0.508 e. The average molecular weight is 279 g/mol. The first-order valence-electron chi connectivity index (χ1n) is 6.90. The molecule has 3 N–H and O–H groups in total. The van der Waals surface area contributed by atoms with E-state index in [-0.39, 0.29) is 29.5 Å². The Morgan fingerprint density at radius 1 is 1.30 bits per heavy atom. The third kappa shape index (κ3) is 3.04. The van der Waals surface area contributed by atoms with E-state index in [4.69, 9.17) is 5.11 Å². The molecule has 0 amide bonds. The molecule has 20 heavy (non-hydrogen) atoms. The molecule has 1 saturated heterocycles. The molecule has 3 atom stereocenters. The van der Waals surface area contributed by atoms with Crippen molar-refractivity contribution in [3.05, 3.63) is 23.8 Å². The van der Waals surface area contributed by atoms with E-state index in [2.05, 4.69) is 4.90 Å². The normalized spacial score (nSPS) is 25.3. The predicted octanol–water partition coefficient (Wildman–Crippen LogP) is 2.34. The second-order valence-corrected chi connectivity index (χ2v) is 5.61. The van der Waals surface area contributed by atoms with E-state index >= 15 is 0 Å². The Balaban J connectivity index is 2.13. The Hall–Kier alpha value is -1.75. The number of likely N-dealkylation sites (tertiary alicyclic amines) is 1. The topological polar surface area (TPSA) is 81.0 Å². The second-order valence-electron chi connectivity index (χ2n) is 5.61. The summed E-state index contributed by atoms with van der Waals surface area (Å²) in [5.74, 6) is -0.912. The van der Waals surface area contributed by atoms with E-state index < -0.39 is 5.97 Å². The van der Waals surface area contributed by atoms with Gasteiger partial charge in [-0.25, -0.2) is 0 Å². The van der Waals surface area contributed by atoms with Crippen LogP contribution in [0.5, 0.6) is 11.5 Å². The van der Waals surface area contributed by atoms with Gasteiger partial charge in [0.25, 0.3) is 0 Å². The lowest BCUT2D eigenvalue weighted by molar-refractivity contribution is -0.144. The first kappa shape index (κ1) is 14.7. The maximum atomic E-state index is 11.1. The van der Waals surface area contributed by atoms with Gasteiger partial charge in [-0.2, -0.15) is 0 Å². The van der Waals surface area contributed by atoms with Crippen molar-refractivity contribution < 1.29 is 20.1 Å². The summed E-state index contributed by atoms with van der Waals surface area (Å²) in [6.07, 6.45) is 1.26. The number of rotatable bonds is 3.